The average molecular weight is 458 g/mol. The first kappa shape index (κ1) is 23.3. The minimum atomic E-state index is -0.254. The number of aromatic nitrogens is 2. The smallest absolute Gasteiger partial charge is 0.247 e. The van der Waals surface area contributed by atoms with Crippen molar-refractivity contribution in [2.24, 2.45) is 0 Å². The van der Waals surface area contributed by atoms with Crippen molar-refractivity contribution < 1.29 is 4.79 Å². The van der Waals surface area contributed by atoms with Crippen molar-refractivity contribution in [2.75, 3.05) is 53.6 Å². The SMILES string of the molecule is C=CC(=O)Nc1cccc(Nc2nc(Nc3ccc(N4CCN(CC)CC4)cc3)ncc2C)c1. The third-order valence-corrected chi connectivity index (χ3v) is 5.86. The topological polar surface area (TPSA) is 85.4 Å². The number of hydrogen-bond donors (Lipinski definition) is 3. The first-order chi connectivity index (χ1) is 16.5. The number of benzene rings is 2. The van der Waals surface area contributed by atoms with E-state index in [4.69, 9.17) is 0 Å². The number of anilines is 6. The molecule has 0 saturated carbocycles. The Hall–Kier alpha value is -3.91. The van der Waals surface area contributed by atoms with Crippen LogP contribution in [0.5, 0.6) is 0 Å². The maximum absolute atomic E-state index is 11.6. The molecule has 3 aromatic rings. The third kappa shape index (κ3) is 5.90. The Kier molecular flexibility index (Phi) is 7.39. The van der Waals surface area contributed by atoms with E-state index in [1.807, 2.05) is 31.2 Å². The summed E-state index contributed by atoms with van der Waals surface area (Å²) in [6.07, 6.45) is 3.02. The van der Waals surface area contributed by atoms with E-state index in [1.54, 1.807) is 6.20 Å². The number of carbonyl (C=O) groups is 1. The molecule has 2 heterocycles. The normalized spacial score (nSPS) is 13.9. The summed E-state index contributed by atoms with van der Waals surface area (Å²) in [6, 6.07) is 15.8. The molecule has 0 spiro atoms. The van der Waals surface area contributed by atoms with Gasteiger partial charge in [-0.05, 0) is 62.0 Å². The van der Waals surface area contributed by atoms with Gasteiger partial charge in [-0.3, -0.25) is 4.79 Å². The number of aryl methyl sites for hydroxylation is 1. The predicted molar refractivity (Wildman–Crippen MR) is 139 cm³/mol. The highest BCUT2D eigenvalue weighted by atomic mass is 16.1. The number of piperazine rings is 1. The molecule has 1 fully saturated rings. The van der Waals surface area contributed by atoms with Gasteiger partial charge in [-0.25, -0.2) is 4.98 Å². The van der Waals surface area contributed by atoms with Gasteiger partial charge in [-0.2, -0.15) is 4.98 Å². The summed E-state index contributed by atoms with van der Waals surface area (Å²) in [5, 5.41) is 9.37. The lowest BCUT2D eigenvalue weighted by Crippen LogP contribution is -2.46. The Bertz CT molecular complexity index is 1140. The number of carbonyl (C=O) groups excluding carboxylic acids is 1. The summed E-state index contributed by atoms with van der Waals surface area (Å²) in [4.78, 5) is 25.5. The number of rotatable bonds is 8. The van der Waals surface area contributed by atoms with Gasteiger partial charge in [0.2, 0.25) is 11.9 Å². The Morgan fingerprint density at radius 3 is 2.47 bits per heavy atom. The third-order valence-electron chi connectivity index (χ3n) is 5.86. The molecule has 1 aliphatic heterocycles. The van der Waals surface area contributed by atoms with Gasteiger partial charge in [0.05, 0.1) is 0 Å². The zero-order chi connectivity index (χ0) is 23.9. The van der Waals surface area contributed by atoms with Gasteiger partial charge in [-0.1, -0.05) is 19.6 Å². The van der Waals surface area contributed by atoms with Crippen LogP contribution >= 0.6 is 0 Å². The number of nitrogens with one attached hydrogen (secondary N) is 3. The van der Waals surface area contributed by atoms with E-state index in [2.05, 4.69) is 73.5 Å². The van der Waals surface area contributed by atoms with Crippen LogP contribution in [0.1, 0.15) is 12.5 Å². The molecule has 176 valence electrons. The molecular formula is C26H31N7O. The Morgan fingerprint density at radius 1 is 1.03 bits per heavy atom. The Balaban J connectivity index is 1.42. The maximum Gasteiger partial charge on any atom is 0.247 e. The zero-order valence-electron chi connectivity index (χ0n) is 19.7. The largest absolute Gasteiger partial charge is 0.369 e. The average Bonchev–Trinajstić information content (AvgIpc) is 2.87. The molecule has 0 aliphatic carbocycles. The van der Waals surface area contributed by atoms with E-state index in [0.29, 0.717) is 17.5 Å². The molecule has 4 rings (SSSR count). The van der Waals surface area contributed by atoms with Crippen molar-refractivity contribution in [3.63, 3.8) is 0 Å². The second kappa shape index (κ2) is 10.8. The van der Waals surface area contributed by atoms with Crippen LogP contribution in [0.3, 0.4) is 0 Å². The van der Waals surface area contributed by atoms with Crippen LogP contribution in [0, 0.1) is 6.92 Å². The van der Waals surface area contributed by atoms with Crippen molar-refractivity contribution in [1.82, 2.24) is 14.9 Å². The second-order valence-electron chi connectivity index (χ2n) is 8.22. The molecule has 0 bridgehead atoms. The summed E-state index contributed by atoms with van der Waals surface area (Å²) in [7, 11) is 0. The molecule has 1 aliphatic rings. The monoisotopic (exact) mass is 457 g/mol. The Morgan fingerprint density at radius 2 is 1.76 bits per heavy atom. The molecule has 1 saturated heterocycles. The lowest BCUT2D eigenvalue weighted by molar-refractivity contribution is -0.111. The van der Waals surface area contributed by atoms with Crippen molar-refractivity contribution in [2.45, 2.75) is 13.8 Å². The van der Waals surface area contributed by atoms with Crippen LogP contribution in [-0.2, 0) is 4.79 Å². The quantitative estimate of drug-likeness (QED) is 0.428. The summed E-state index contributed by atoms with van der Waals surface area (Å²) < 4.78 is 0. The summed E-state index contributed by atoms with van der Waals surface area (Å²) >= 11 is 0. The van der Waals surface area contributed by atoms with E-state index in [9.17, 15) is 4.79 Å². The lowest BCUT2D eigenvalue weighted by Gasteiger charge is -2.35. The number of likely N-dealkylation sites (N-methyl/N-ethyl adjacent to an activating group) is 1. The molecule has 1 amide bonds. The van der Waals surface area contributed by atoms with Crippen LogP contribution in [0.4, 0.5) is 34.5 Å². The highest BCUT2D eigenvalue weighted by Crippen LogP contribution is 2.24. The highest BCUT2D eigenvalue weighted by molar-refractivity contribution is 5.99. The predicted octanol–water partition coefficient (Wildman–Crippen LogP) is 4.54. The van der Waals surface area contributed by atoms with Gasteiger partial charge >= 0.3 is 0 Å². The lowest BCUT2D eigenvalue weighted by atomic mass is 10.2. The molecule has 34 heavy (non-hydrogen) atoms. The molecule has 0 unspecified atom stereocenters. The molecule has 8 nitrogen and oxygen atoms in total. The fraction of sp³-hybridized carbons (Fsp3) is 0.269. The molecule has 1 aromatic heterocycles. The van der Waals surface area contributed by atoms with Gasteiger partial charge in [0.15, 0.2) is 0 Å². The van der Waals surface area contributed by atoms with Crippen LogP contribution in [0.25, 0.3) is 0 Å². The fourth-order valence-electron chi connectivity index (χ4n) is 3.84. The first-order valence-electron chi connectivity index (χ1n) is 11.5. The van der Waals surface area contributed by atoms with Crippen molar-refractivity contribution >= 4 is 40.4 Å². The number of amides is 1. The number of nitrogens with zero attached hydrogens (tertiary/aromatic N) is 4. The van der Waals surface area contributed by atoms with Crippen LogP contribution < -0.4 is 20.9 Å². The molecule has 0 atom stereocenters. The molecule has 3 N–H and O–H groups in total. The van der Waals surface area contributed by atoms with Crippen molar-refractivity contribution in [3.8, 4) is 0 Å². The van der Waals surface area contributed by atoms with E-state index < -0.39 is 0 Å². The summed E-state index contributed by atoms with van der Waals surface area (Å²) in [5.74, 6) is 0.944. The van der Waals surface area contributed by atoms with E-state index in [1.165, 1.54) is 11.8 Å². The minimum Gasteiger partial charge on any atom is -0.369 e. The van der Waals surface area contributed by atoms with Gasteiger partial charge < -0.3 is 25.8 Å². The van der Waals surface area contributed by atoms with Crippen molar-refractivity contribution in [3.05, 3.63) is 72.9 Å². The van der Waals surface area contributed by atoms with Crippen LogP contribution in [0.2, 0.25) is 0 Å². The molecule has 2 aromatic carbocycles. The van der Waals surface area contributed by atoms with Gasteiger partial charge in [0, 0.05) is 60.7 Å². The Labute approximate surface area is 200 Å². The van der Waals surface area contributed by atoms with Crippen LogP contribution in [-0.4, -0.2) is 53.5 Å². The minimum absolute atomic E-state index is 0.254. The fourth-order valence-corrected chi connectivity index (χ4v) is 3.84. The first-order valence-corrected chi connectivity index (χ1v) is 11.5. The number of hydrogen-bond acceptors (Lipinski definition) is 7. The molecular weight excluding hydrogens is 426 g/mol. The molecule has 0 radical (unpaired) electrons. The van der Waals surface area contributed by atoms with Gasteiger partial charge in [0.1, 0.15) is 5.82 Å². The summed E-state index contributed by atoms with van der Waals surface area (Å²) in [6.45, 7) is 13.1. The summed E-state index contributed by atoms with van der Waals surface area (Å²) in [5.41, 5.74) is 4.56. The standard InChI is InChI=1S/C26H31N7O/c1-4-24(34)28-21-7-6-8-22(17-21)29-25-19(3)18-27-26(31-25)30-20-9-11-23(12-10-20)33-15-13-32(5-2)14-16-33/h4,6-12,17-18H,1,5,13-16H2,2-3H3,(H,28,34)(H2,27,29,30,31). The molecule has 8 heteroatoms. The zero-order valence-corrected chi connectivity index (χ0v) is 19.7. The maximum atomic E-state index is 11.6. The van der Waals surface area contributed by atoms with Gasteiger partial charge in [-0.15, -0.1) is 0 Å². The highest BCUT2D eigenvalue weighted by Gasteiger charge is 2.15. The van der Waals surface area contributed by atoms with E-state index in [-0.39, 0.29) is 5.91 Å². The second-order valence-corrected chi connectivity index (χ2v) is 8.22. The van der Waals surface area contributed by atoms with E-state index in [0.717, 1.165) is 49.7 Å². The van der Waals surface area contributed by atoms with Crippen molar-refractivity contribution in [1.29, 1.82) is 0 Å². The van der Waals surface area contributed by atoms with Crippen LogP contribution in [0.15, 0.2) is 67.4 Å². The van der Waals surface area contributed by atoms with Gasteiger partial charge in [0.25, 0.3) is 0 Å². The van der Waals surface area contributed by atoms with E-state index >= 15 is 0 Å².